The molecule has 2 nitrogen and oxygen atoms in total. The minimum absolute atomic E-state index is 0.280. The molecule has 1 aromatic rings. The number of rotatable bonds is 0. The van der Waals surface area contributed by atoms with Crippen LogP contribution in [0.3, 0.4) is 0 Å². The first-order chi connectivity index (χ1) is 4.50. The highest BCUT2D eigenvalue weighted by Crippen LogP contribution is 2.21. The van der Waals surface area contributed by atoms with Gasteiger partial charge in [0.15, 0.2) is 0 Å². The van der Waals surface area contributed by atoms with Gasteiger partial charge in [0.2, 0.25) is 0 Å². The van der Waals surface area contributed by atoms with E-state index in [0.29, 0.717) is 0 Å². The van der Waals surface area contributed by atoms with Gasteiger partial charge in [0.25, 0.3) is 0 Å². The average molecular weight is 169 g/mol. The highest BCUT2D eigenvalue weighted by Gasteiger charge is 2.31. The van der Waals surface area contributed by atoms with Gasteiger partial charge in [0, 0.05) is 0 Å². The lowest BCUT2D eigenvalue weighted by Crippen LogP contribution is -2.16. The van der Waals surface area contributed by atoms with E-state index in [-0.39, 0.29) is 9.70 Å². The molecule has 10 heavy (non-hydrogen) atoms. The first kappa shape index (κ1) is 7.40. The quantitative estimate of drug-likeness (QED) is 0.576. The van der Waals surface area contributed by atoms with Crippen molar-refractivity contribution in [1.82, 2.24) is 9.78 Å². The van der Waals surface area contributed by atoms with E-state index in [2.05, 4.69) is 5.10 Å². The number of alkyl halides is 3. The van der Waals surface area contributed by atoms with Crippen molar-refractivity contribution in [2.75, 3.05) is 0 Å². The Morgan fingerprint density at radius 2 is 2.10 bits per heavy atom. The summed E-state index contributed by atoms with van der Waals surface area (Å²) in [5.41, 5.74) is 0. The summed E-state index contributed by atoms with van der Waals surface area (Å²) in [6.45, 7) is 0. The molecular formula is C4ClF3N2. The summed E-state index contributed by atoms with van der Waals surface area (Å²) in [7, 11) is 0. The molecule has 0 saturated heterocycles. The van der Waals surface area contributed by atoms with Gasteiger partial charge in [0.1, 0.15) is 12.4 Å². The summed E-state index contributed by atoms with van der Waals surface area (Å²) < 4.78 is 34.4. The van der Waals surface area contributed by atoms with Crippen LogP contribution in [0.15, 0.2) is 0 Å². The molecule has 0 aliphatic carbocycles. The summed E-state index contributed by atoms with van der Waals surface area (Å²) in [5, 5.41) is 2.49. The maximum absolute atomic E-state index is 11.6. The van der Waals surface area contributed by atoms with Gasteiger partial charge >= 0.3 is 6.30 Å². The van der Waals surface area contributed by atoms with Crippen LogP contribution in [0.5, 0.6) is 0 Å². The lowest BCUT2D eigenvalue weighted by Gasteiger charge is -2.02. The third-order valence-corrected chi connectivity index (χ3v) is 0.861. The lowest BCUT2D eigenvalue weighted by molar-refractivity contribution is -0.212. The Hall–Kier alpha value is -0.710. The number of aromatic nitrogens is 2. The number of hydrogen-bond donors (Lipinski definition) is 0. The molecule has 0 unspecified atom stereocenters. The van der Waals surface area contributed by atoms with Crippen LogP contribution in [-0.2, 0) is 6.30 Å². The van der Waals surface area contributed by atoms with Gasteiger partial charge in [-0.05, 0) is 0 Å². The molecule has 54 valence electrons. The summed E-state index contributed by atoms with van der Waals surface area (Å²) in [6, 6.07) is 0. The largest absolute Gasteiger partial charge is 0.505 e. The molecule has 1 rings (SSSR count). The van der Waals surface area contributed by atoms with Crippen LogP contribution >= 0.6 is 11.6 Å². The smallest absolute Gasteiger partial charge is 0.167 e. The van der Waals surface area contributed by atoms with Crippen LogP contribution in [0.4, 0.5) is 13.2 Å². The van der Waals surface area contributed by atoms with Crippen molar-refractivity contribution in [2.24, 2.45) is 0 Å². The third-order valence-electron chi connectivity index (χ3n) is 0.692. The standard InChI is InChI=1S/C4ClF3N2/c5-3-1-9-10(2-3)4(6,7)8. The maximum Gasteiger partial charge on any atom is 0.505 e. The van der Waals surface area contributed by atoms with E-state index in [1.165, 1.54) is 0 Å². The molecule has 0 bridgehead atoms. The van der Waals surface area contributed by atoms with E-state index in [9.17, 15) is 13.2 Å². The van der Waals surface area contributed by atoms with Crippen molar-refractivity contribution in [2.45, 2.75) is 6.30 Å². The second kappa shape index (κ2) is 2.16. The molecule has 0 spiro atoms. The van der Waals surface area contributed by atoms with Crippen LogP contribution in [-0.4, -0.2) is 9.78 Å². The van der Waals surface area contributed by atoms with Crippen molar-refractivity contribution in [1.29, 1.82) is 0 Å². The first-order valence-electron chi connectivity index (χ1n) is 2.13. The Kier molecular flexibility index (Phi) is 1.60. The fraction of sp³-hybridized carbons (Fsp3) is 0.250. The summed E-state index contributed by atoms with van der Waals surface area (Å²) in [5.74, 6) is 0. The van der Waals surface area contributed by atoms with Crippen molar-refractivity contribution in [3.63, 3.8) is 0 Å². The van der Waals surface area contributed by atoms with Gasteiger partial charge in [-0.15, -0.1) is 13.2 Å². The molecule has 0 N–H and O–H groups in total. The SMILES string of the molecule is FC(F)(F)n1[c]c(Cl)[c]n1. The molecule has 1 aromatic heterocycles. The van der Waals surface area contributed by atoms with E-state index in [0.717, 1.165) is 0 Å². The Morgan fingerprint density at radius 3 is 2.30 bits per heavy atom. The number of nitrogens with zero attached hydrogens (tertiary/aromatic N) is 2. The van der Waals surface area contributed by atoms with E-state index >= 15 is 0 Å². The predicted molar refractivity (Wildman–Crippen MR) is 26.2 cm³/mol. The minimum Gasteiger partial charge on any atom is -0.167 e. The highest BCUT2D eigenvalue weighted by atomic mass is 35.5. The van der Waals surface area contributed by atoms with Gasteiger partial charge in [0.05, 0.1) is 5.02 Å². The van der Waals surface area contributed by atoms with Crippen molar-refractivity contribution in [3.05, 3.63) is 17.4 Å². The average Bonchev–Trinajstić information content (AvgIpc) is 2.11. The molecule has 0 atom stereocenters. The molecule has 0 amide bonds. The molecule has 0 saturated carbocycles. The lowest BCUT2D eigenvalue weighted by atomic mass is 10.7. The molecule has 0 aliphatic heterocycles. The zero-order valence-electron chi connectivity index (χ0n) is 4.41. The van der Waals surface area contributed by atoms with E-state index in [1.54, 1.807) is 6.20 Å². The second-order valence-electron chi connectivity index (χ2n) is 1.42. The minimum atomic E-state index is -4.55. The van der Waals surface area contributed by atoms with Gasteiger partial charge in [-0.1, -0.05) is 11.6 Å². The summed E-state index contributed by atoms with van der Waals surface area (Å²) in [6.07, 6.45) is -0.968. The molecule has 0 aromatic carbocycles. The number of halogens is 4. The normalized spacial score (nSPS) is 12.0. The van der Waals surface area contributed by atoms with Gasteiger partial charge in [-0.3, -0.25) is 0 Å². The highest BCUT2D eigenvalue weighted by molar-refractivity contribution is 6.30. The Morgan fingerprint density at radius 1 is 1.50 bits per heavy atom. The summed E-state index contributed by atoms with van der Waals surface area (Å²) in [4.78, 5) is 0. The zero-order valence-corrected chi connectivity index (χ0v) is 5.16. The molecule has 0 fully saturated rings. The Balaban J connectivity index is 2.96. The van der Waals surface area contributed by atoms with E-state index in [1.807, 2.05) is 6.20 Å². The molecule has 1 heterocycles. The van der Waals surface area contributed by atoms with Crippen LogP contribution in [0, 0.1) is 12.4 Å². The Bertz CT molecular complexity index is 229. The third kappa shape index (κ3) is 1.41. The second-order valence-corrected chi connectivity index (χ2v) is 1.80. The number of hydrogen-bond acceptors (Lipinski definition) is 1. The molecule has 0 aliphatic rings. The van der Waals surface area contributed by atoms with Crippen molar-refractivity contribution in [3.8, 4) is 0 Å². The van der Waals surface area contributed by atoms with Gasteiger partial charge < -0.3 is 0 Å². The fourth-order valence-electron chi connectivity index (χ4n) is 0.357. The molecular weight excluding hydrogens is 169 g/mol. The van der Waals surface area contributed by atoms with E-state index < -0.39 is 6.30 Å². The van der Waals surface area contributed by atoms with Gasteiger partial charge in [-0.2, -0.15) is 9.78 Å². The molecule has 2 radical (unpaired) electrons. The predicted octanol–water partition coefficient (Wildman–Crippen LogP) is 1.61. The van der Waals surface area contributed by atoms with E-state index in [4.69, 9.17) is 11.6 Å². The topological polar surface area (TPSA) is 17.8 Å². The maximum atomic E-state index is 11.6. The summed E-state index contributed by atoms with van der Waals surface area (Å²) >= 11 is 5.07. The first-order valence-corrected chi connectivity index (χ1v) is 2.50. The van der Waals surface area contributed by atoms with Crippen molar-refractivity contribution >= 4 is 11.6 Å². The van der Waals surface area contributed by atoms with Crippen LogP contribution in [0.25, 0.3) is 0 Å². The van der Waals surface area contributed by atoms with Crippen LogP contribution in [0.2, 0.25) is 5.02 Å². The van der Waals surface area contributed by atoms with Gasteiger partial charge in [-0.25, -0.2) is 0 Å². The fourth-order valence-corrected chi connectivity index (χ4v) is 0.475. The van der Waals surface area contributed by atoms with Crippen molar-refractivity contribution < 1.29 is 13.2 Å². The molecule has 6 heteroatoms. The zero-order chi connectivity index (χ0) is 7.78. The Labute approximate surface area is 59.2 Å². The monoisotopic (exact) mass is 168 g/mol. The van der Waals surface area contributed by atoms with Crippen LogP contribution < -0.4 is 0 Å². The van der Waals surface area contributed by atoms with Crippen LogP contribution in [0.1, 0.15) is 0 Å².